The van der Waals surface area contributed by atoms with Crippen LogP contribution in [0, 0.1) is 30.7 Å². The molecule has 30 heteroatoms. The Labute approximate surface area is 392 Å². The summed E-state index contributed by atoms with van der Waals surface area (Å²) < 4.78 is 102. The first-order valence-corrected chi connectivity index (χ1v) is 20.1. The van der Waals surface area contributed by atoms with Crippen molar-refractivity contribution < 1.29 is 137 Å². The van der Waals surface area contributed by atoms with Crippen LogP contribution in [0.25, 0.3) is 5.73 Å². The molecule has 4 aromatic rings. The first-order valence-electron chi connectivity index (χ1n) is 16.4. The molecule has 0 aliphatic heterocycles. The first kappa shape index (κ1) is 71.7. The summed E-state index contributed by atoms with van der Waals surface area (Å²) in [5.74, 6) is 0. The number of rotatable bonds is 14. The zero-order chi connectivity index (χ0) is 45.5. The SMILES string of the molecule is CN(CCN(C)Cc1ccccn1)Cc1ccccn1.CN(CCN(C)Cc1ccccn1)Cc1ccccn1.O.[Fe+4].[Fe+5].[NH-]C(N)=O.[O-2].[O-][Cl+3]([O-])([O-])[O-].[O-][Cl+3]([O-])([O-])[O-].[O-][Cl+3]([O-])([O-])[O-]. The fraction of sp³-hybridized carbons (Fsp3) is 0.364. The molecular formula is C33H49Cl3Fe2N10O15+3. The summed E-state index contributed by atoms with van der Waals surface area (Å²) in [4.78, 5) is 35.4. The minimum atomic E-state index is -4.94. The van der Waals surface area contributed by atoms with E-state index in [4.69, 9.17) is 66.4 Å². The number of hydrogen-bond donors (Lipinski definition) is 1. The third-order valence-electron chi connectivity index (χ3n) is 6.36. The van der Waals surface area contributed by atoms with Gasteiger partial charge in [-0.1, -0.05) is 24.3 Å². The van der Waals surface area contributed by atoms with Crippen molar-refractivity contribution in [1.82, 2.24) is 39.5 Å². The number of pyridine rings is 4. The van der Waals surface area contributed by atoms with Crippen molar-refractivity contribution >= 4 is 6.03 Å². The monoisotopic (exact) mass is 1040 g/mol. The van der Waals surface area contributed by atoms with Crippen LogP contribution in [-0.4, -0.2) is 105 Å². The maximum absolute atomic E-state index is 8.89. The zero-order valence-electron chi connectivity index (χ0n) is 34.1. The molecule has 5 N–H and O–H groups in total. The molecule has 4 heterocycles. The van der Waals surface area contributed by atoms with Crippen molar-refractivity contribution in [1.29, 1.82) is 0 Å². The van der Waals surface area contributed by atoms with E-state index in [2.05, 4.69) is 97.7 Å². The van der Waals surface area contributed by atoms with Crippen molar-refractivity contribution in [3.8, 4) is 0 Å². The molecule has 25 nitrogen and oxygen atoms in total. The molecule has 63 heavy (non-hydrogen) atoms. The number of urea groups is 1. The molecule has 0 bridgehead atoms. The van der Waals surface area contributed by atoms with Crippen LogP contribution in [0.15, 0.2) is 97.6 Å². The van der Waals surface area contributed by atoms with Gasteiger partial charge in [-0.05, 0) is 76.7 Å². The fourth-order valence-electron chi connectivity index (χ4n) is 4.07. The average molecular weight is 1040 g/mol. The molecule has 0 aliphatic rings. The first-order chi connectivity index (χ1) is 27.2. The van der Waals surface area contributed by atoms with E-state index in [1.165, 1.54) is 0 Å². The Bertz CT molecular complexity index is 1360. The van der Waals surface area contributed by atoms with Crippen LogP contribution in [0.4, 0.5) is 4.79 Å². The minimum Gasteiger partial charge on any atom is -2.00 e. The molecule has 0 unspecified atom stereocenters. The summed E-state index contributed by atoms with van der Waals surface area (Å²) in [5.41, 5.74) is 14.3. The van der Waals surface area contributed by atoms with Gasteiger partial charge in [-0.2, -0.15) is 0 Å². The Morgan fingerprint density at radius 1 is 0.492 bits per heavy atom. The van der Waals surface area contributed by atoms with E-state index in [1.54, 1.807) is 0 Å². The second-order valence-electron chi connectivity index (χ2n) is 11.7. The number of aromatic nitrogens is 4. The van der Waals surface area contributed by atoms with Crippen molar-refractivity contribution in [3.63, 3.8) is 0 Å². The van der Waals surface area contributed by atoms with Gasteiger partial charge >= 0.3 is 34.1 Å². The maximum Gasteiger partial charge on any atom is 5.00 e. The second kappa shape index (κ2) is 40.6. The van der Waals surface area contributed by atoms with Crippen LogP contribution in [0.5, 0.6) is 0 Å². The van der Waals surface area contributed by atoms with E-state index < -0.39 is 36.8 Å². The Kier molecular flexibility index (Phi) is 46.1. The number of nitrogens with two attached hydrogens (primary N) is 1. The Balaban J connectivity index is -0.000000176. The molecule has 0 aliphatic carbocycles. The summed E-state index contributed by atoms with van der Waals surface area (Å²) in [6, 6.07) is 23.1. The average Bonchev–Trinajstić information content (AvgIpc) is 3.10. The zero-order valence-corrected chi connectivity index (χ0v) is 38.6. The number of hydrogen-bond acceptors (Lipinski definition) is 21. The van der Waals surface area contributed by atoms with E-state index in [9.17, 15) is 0 Å². The molecule has 0 spiro atoms. The summed E-state index contributed by atoms with van der Waals surface area (Å²) in [6.07, 6.45) is 7.37. The standard InChI is InChI=1S/2C16H22N4.CH4N2O.3ClHO4.2Fe.H2O.O/c2*1-19(13-15-7-3-5-9-17-15)11-12-20(2)14-16-8-4-6-10-18-16;2-1(3)4;3*2-1(3,4)5;;;;/h2*3-10H,11-14H2,1-2H3;(H4,2,3,4);3*(H,2,3,4,5);;;1H2;/q;;;;;;+4;+5;;-2/p-4. The Morgan fingerprint density at radius 3 is 0.746 bits per heavy atom. The van der Waals surface area contributed by atoms with Crippen LogP contribution in [-0.2, 0) is 65.8 Å². The van der Waals surface area contributed by atoms with Crippen LogP contribution < -0.4 is 61.6 Å². The Hall–Kier alpha value is -2.94. The fourth-order valence-corrected chi connectivity index (χ4v) is 4.07. The summed E-state index contributed by atoms with van der Waals surface area (Å²) in [5, 5.41) is 0. The predicted octanol–water partition coefficient (Wildman–Crippen LogP) is -11.0. The van der Waals surface area contributed by atoms with E-state index in [0.29, 0.717) is 0 Å². The molecular weight excluding hydrogens is 994 g/mol. The van der Waals surface area contributed by atoms with Gasteiger partial charge in [-0.25, -0.2) is 55.9 Å². The van der Waals surface area contributed by atoms with Gasteiger partial charge in [0.1, 0.15) is 6.03 Å². The van der Waals surface area contributed by atoms with Gasteiger partial charge in [0.15, 0.2) is 0 Å². The van der Waals surface area contributed by atoms with Gasteiger partial charge < -0.3 is 22.4 Å². The van der Waals surface area contributed by atoms with Crippen molar-refractivity contribution in [2.45, 2.75) is 26.2 Å². The number of amides is 2. The molecule has 355 valence electrons. The number of halogens is 3. The van der Waals surface area contributed by atoms with Gasteiger partial charge in [0, 0.05) is 77.1 Å². The molecule has 2 amide bonds. The van der Waals surface area contributed by atoms with Gasteiger partial charge in [0.05, 0.1) is 22.8 Å². The van der Waals surface area contributed by atoms with Gasteiger partial charge in [-0.15, -0.1) is 30.7 Å². The molecule has 0 aromatic carbocycles. The summed E-state index contributed by atoms with van der Waals surface area (Å²) in [6.45, 7) is 7.60. The molecule has 4 rings (SSSR count). The molecule has 0 saturated heterocycles. The van der Waals surface area contributed by atoms with Crippen LogP contribution in [0.1, 0.15) is 22.8 Å². The molecule has 4 aromatic heterocycles. The normalized spacial score (nSPS) is 10.3. The number of primary amides is 1. The smallest absolute Gasteiger partial charge is 2.00 e. The minimum absolute atomic E-state index is 0. The predicted molar refractivity (Wildman–Crippen MR) is 180 cm³/mol. The summed E-state index contributed by atoms with van der Waals surface area (Å²) >= 11 is 0. The van der Waals surface area contributed by atoms with Crippen LogP contribution in [0.2, 0.25) is 0 Å². The van der Waals surface area contributed by atoms with Crippen molar-refractivity contribution in [2.75, 3.05) is 54.4 Å². The van der Waals surface area contributed by atoms with E-state index in [-0.39, 0.29) is 45.1 Å². The molecule has 0 saturated carbocycles. The second-order valence-corrected chi connectivity index (χ2v) is 14.0. The third-order valence-corrected chi connectivity index (χ3v) is 6.36. The van der Waals surface area contributed by atoms with Gasteiger partial charge in [0.2, 0.25) is 0 Å². The molecule has 1 radical (unpaired) electrons. The van der Waals surface area contributed by atoms with Gasteiger partial charge in [-0.3, -0.25) is 44.3 Å². The van der Waals surface area contributed by atoms with Crippen molar-refractivity contribution in [3.05, 3.63) is 126 Å². The number of nitrogens with one attached hydrogen (secondary N) is 1. The maximum atomic E-state index is 8.89. The van der Waals surface area contributed by atoms with Crippen molar-refractivity contribution in [2.24, 2.45) is 5.73 Å². The topological polar surface area (TPSA) is 468 Å². The number of likely N-dealkylation sites (N-methyl/N-ethyl adjacent to an activating group) is 4. The number of carbonyl (C=O) groups is 1. The van der Waals surface area contributed by atoms with E-state index in [0.717, 1.165) is 75.1 Å². The van der Waals surface area contributed by atoms with Crippen LogP contribution in [0.3, 0.4) is 0 Å². The van der Waals surface area contributed by atoms with Gasteiger partial charge in [0.25, 0.3) is 0 Å². The van der Waals surface area contributed by atoms with Crippen LogP contribution >= 0.6 is 0 Å². The quantitative estimate of drug-likeness (QED) is 0.115. The molecule has 0 fully saturated rings. The van der Waals surface area contributed by atoms with E-state index in [1.807, 2.05) is 73.3 Å². The number of carbonyl (C=O) groups excluding carboxylic acids is 1. The Morgan fingerprint density at radius 2 is 0.635 bits per heavy atom. The summed E-state index contributed by atoms with van der Waals surface area (Å²) in [7, 11) is -6.32. The molecule has 0 atom stereocenters. The van der Waals surface area contributed by atoms with E-state index >= 15 is 0 Å². The number of nitrogens with zero attached hydrogens (tertiary/aromatic N) is 8. The largest absolute Gasteiger partial charge is 5.00 e. The third kappa shape index (κ3) is 63.4.